The van der Waals surface area contributed by atoms with Crippen LogP contribution in [0.2, 0.25) is 10.2 Å². The molecule has 90 valence electrons. The van der Waals surface area contributed by atoms with Crippen molar-refractivity contribution in [3.8, 4) is 0 Å². The molecule has 16 heavy (non-hydrogen) atoms. The second-order valence-corrected chi connectivity index (χ2v) is 5.27. The minimum atomic E-state index is -4.07. The molecule has 0 saturated carbocycles. The molecule has 0 bridgehead atoms. The minimum Gasteiger partial charge on any atom is -0.364 e. The molecule has 0 fully saturated rings. The van der Waals surface area contributed by atoms with Gasteiger partial charge in [0.25, 0.3) is 10.1 Å². The normalized spacial score (nSPS) is 13.5. The quantitative estimate of drug-likeness (QED) is 0.791. The number of hydrogen-bond donors (Lipinski definition) is 2. The Hall–Kier alpha value is -0.700. The zero-order chi connectivity index (χ0) is 12.3. The van der Waals surface area contributed by atoms with Gasteiger partial charge in [-0.2, -0.15) is 8.42 Å². The second kappa shape index (κ2) is 5.09. The standard InChI is InChI=1S/C6H8Cl2N4O3S/c1-3(2-16(13,14)15)9-6-4(7)5(8)10-12-11-6/h3H,2H2,1H3,(H,9,10,11)(H,13,14,15). The summed E-state index contributed by atoms with van der Waals surface area (Å²) in [7, 11) is -4.07. The van der Waals surface area contributed by atoms with Crippen LogP contribution in [-0.2, 0) is 10.1 Å². The fraction of sp³-hybridized carbons (Fsp3) is 0.500. The number of halogens is 2. The van der Waals surface area contributed by atoms with Gasteiger partial charge in [0, 0.05) is 6.04 Å². The van der Waals surface area contributed by atoms with E-state index in [0.717, 1.165) is 0 Å². The van der Waals surface area contributed by atoms with Gasteiger partial charge in [-0.15, -0.1) is 10.2 Å². The summed E-state index contributed by atoms with van der Waals surface area (Å²) in [4.78, 5) is 0. The highest BCUT2D eigenvalue weighted by atomic mass is 35.5. The summed E-state index contributed by atoms with van der Waals surface area (Å²) in [6, 6.07) is -0.597. The van der Waals surface area contributed by atoms with Gasteiger partial charge in [-0.05, 0) is 12.1 Å². The Balaban J connectivity index is 2.77. The predicted molar refractivity (Wildman–Crippen MR) is 59.3 cm³/mol. The van der Waals surface area contributed by atoms with Gasteiger partial charge in [-0.3, -0.25) is 4.55 Å². The molecular formula is C6H8Cl2N4O3S. The van der Waals surface area contributed by atoms with Crippen molar-refractivity contribution in [2.75, 3.05) is 11.1 Å². The first-order valence-electron chi connectivity index (χ1n) is 4.05. The Kier molecular flexibility index (Phi) is 4.25. The van der Waals surface area contributed by atoms with Gasteiger partial charge in [0.2, 0.25) is 0 Å². The SMILES string of the molecule is CC(CS(=O)(=O)O)Nc1nnnc(Cl)c1Cl. The maximum absolute atomic E-state index is 10.6. The number of rotatable bonds is 4. The molecule has 0 aromatic carbocycles. The summed E-state index contributed by atoms with van der Waals surface area (Å²) in [6.07, 6.45) is 0. The van der Waals surface area contributed by atoms with E-state index in [2.05, 4.69) is 20.7 Å². The minimum absolute atomic E-state index is 0.0406. The number of hydrogen-bond acceptors (Lipinski definition) is 6. The molecule has 1 atom stereocenters. The summed E-state index contributed by atoms with van der Waals surface area (Å²) < 4.78 is 29.8. The maximum atomic E-state index is 10.6. The van der Waals surface area contributed by atoms with Crippen LogP contribution in [0, 0.1) is 0 Å². The predicted octanol–water partition coefficient (Wildman–Crippen LogP) is 0.867. The fourth-order valence-corrected chi connectivity index (χ4v) is 1.94. The number of aromatic nitrogens is 3. The van der Waals surface area contributed by atoms with Crippen LogP contribution in [0.5, 0.6) is 0 Å². The van der Waals surface area contributed by atoms with E-state index in [0.29, 0.717) is 0 Å². The van der Waals surface area contributed by atoms with Crippen molar-refractivity contribution in [2.45, 2.75) is 13.0 Å². The molecule has 2 N–H and O–H groups in total. The Morgan fingerprint density at radius 2 is 2.06 bits per heavy atom. The van der Waals surface area contributed by atoms with Crippen LogP contribution in [0.25, 0.3) is 0 Å². The van der Waals surface area contributed by atoms with Gasteiger partial charge in [-0.1, -0.05) is 23.2 Å². The molecule has 1 rings (SSSR count). The van der Waals surface area contributed by atoms with Crippen LogP contribution < -0.4 is 5.32 Å². The fourth-order valence-electron chi connectivity index (χ4n) is 0.975. The van der Waals surface area contributed by atoms with Crippen molar-refractivity contribution in [3.05, 3.63) is 10.2 Å². The van der Waals surface area contributed by atoms with E-state index in [1.807, 2.05) is 0 Å². The molecule has 10 heteroatoms. The number of nitrogens with zero attached hydrogens (tertiary/aromatic N) is 3. The Morgan fingerprint density at radius 1 is 1.44 bits per heavy atom. The van der Waals surface area contributed by atoms with E-state index in [1.54, 1.807) is 0 Å². The third-order valence-corrected chi connectivity index (χ3v) is 3.15. The van der Waals surface area contributed by atoms with Crippen LogP contribution in [-0.4, -0.2) is 40.2 Å². The molecule has 1 heterocycles. The first-order valence-corrected chi connectivity index (χ1v) is 6.42. The van der Waals surface area contributed by atoms with Gasteiger partial charge in [0.05, 0.1) is 5.75 Å². The van der Waals surface area contributed by atoms with Crippen molar-refractivity contribution < 1.29 is 13.0 Å². The zero-order valence-corrected chi connectivity index (χ0v) is 10.4. The molecule has 1 unspecified atom stereocenters. The topological polar surface area (TPSA) is 105 Å². The van der Waals surface area contributed by atoms with Crippen LogP contribution in [0.15, 0.2) is 0 Å². The molecule has 0 aliphatic carbocycles. The van der Waals surface area contributed by atoms with E-state index in [-0.39, 0.29) is 16.0 Å². The van der Waals surface area contributed by atoms with Gasteiger partial charge in [0.15, 0.2) is 11.0 Å². The van der Waals surface area contributed by atoms with Gasteiger partial charge in [0.1, 0.15) is 5.02 Å². The van der Waals surface area contributed by atoms with Crippen molar-refractivity contribution in [2.24, 2.45) is 0 Å². The van der Waals surface area contributed by atoms with E-state index < -0.39 is 21.9 Å². The smallest absolute Gasteiger partial charge is 0.266 e. The summed E-state index contributed by atoms with van der Waals surface area (Å²) in [6.45, 7) is 1.53. The molecule has 0 spiro atoms. The van der Waals surface area contributed by atoms with E-state index >= 15 is 0 Å². The summed E-state index contributed by atoms with van der Waals surface area (Å²) in [5, 5.41) is 12.9. The molecule has 0 amide bonds. The summed E-state index contributed by atoms with van der Waals surface area (Å²) in [5.41, 5.74) is 0. The van der Waals surface area contributed by atoms with Crippen molar-refractivity contribution in [1.29, 1.82) is 0 Å². The van der Waals surface area contributed by atoms with Gasteiger partial charge < -0.3 is 5.32 Å². The Labute approximate surface area is 102 Å². The molecule has 1 aromatic heterocycles. The van der Waals surface area contributed by atoms with Crippen molar-refractivity contribution >= 4 is 39.1 Å². The van der Waals surface area contributed by atoms with Crippen molar-refractivity contribution in [3.63, 3.8) is 0 Å². The van der Waals surface area contributed by atoms with Crippen LogP contribution in [0.3, 0.4) is 0 Å². The van der Waals surface area contributed by atoms with Crippen LogP contribution in [0.1, 0.15) is 6.92 Å². The van der Waals surface area contributed by atoms with E-state index in [9.17, 15) is 8.42 Å². The number of anilines is 1. The third-order valence-electron chi connectivity index (χ3n) is 1.51. The van der Waals surface area contributed by atoms with Gasteiger partial charge >= 0.3 is 0 Å². The average molecular weight is 287 g/mol. The first kappa shape index (κ1) is 13.4. The number of nitrogens with one attached hydrogen (secondary N) is 1. The molecule has 0 radical (unpaired) electrons. The lowest BCUT2D eigenvalue weighted by Crippen LogP contribution is -2.26. The maximum Gasteiger partial charge on any atom is 0.266 e. The van der Waals surface area contributed by atoms with E-state index in [1.165, 1.54) is 6.92 Å². The van der Waals surface area contributed by atoms with Crippen LogP contribution in [0.4, 0.5) is 5.82 Å². The monoisotopic (exact) mass is 286 g/mol. The van der Waals surface area contributed by atoms with Crippen molar-refractivity contribution in [1.82, 2.24) is 15.4 Å². The molecular weight excluding hydrogens is 279 g/mol. The molecule has 0 aliphatic rings. The van der Waals surface area contributed by atoms with E-state index in [4.69, 9.17) is 27.8 Å². The summed E-state index contributed by atoms with van der Waals surface area (Å²) in [5.74, 6) is -0.372. The largest absolute Gasteiger partial charge is 0.364 e. The zero-order valence-electron chi connectivity index (χ0n) is 8.05. The van der Waals surface area contributed by atoms with Gasteiger partial charge in [-0.25, -0.2) is 0 Å². The highest BCUT2D eigenvalue weighted by molar-refractivity contribution is 7.85. The molecule has 1 aromatic rings. The van der Waals surface area contributed by atoms with Crippen LogP contribution >= 0.6 is 23.2 Å². The molecule has 0 saturated heterocycles. The third kappa shape index (κ3) is 4.05. The Bertz CT molecular complexity index is 481. The lowest BCUT2D eigenvalue weighted by Gasteiger charge is -2.12. The second-order valence-electron chi connectivity index (χ2n) is 3.04. The lowest BCUT2D eigenvalue weighted by atomic mass is 10.4. The Morgan fingerprint density at radius 3 is 2.62 bits per heavy atom. The summed E-state index contributed by atoms with van der Waals surface area (Å²) >= 11 is 11.3. The lowest BCUT2D eigenvalue weighted by molar-refractivity contribution is 0.480. The average Bonchev–Trinajstić information content (AvgIpc) is 2.09. The molecule has 0 aliphatic heterocycles. The highest BCUT2D eigenvalue weighted by Crippen LogP contribution is 2.24. The first-order chi connectivity index (χ1) is 7.29. The highest BCUT2D eigenvalue weighted by Gasteiger charge is 2.15. The molecule has 7 nitrogen and oxygen atoms in total.